The summed E-state index contributed by atoms with van der Waals surface area (Å²) in [5, 5.41) is 11.8. The Morgan fingerprint density at radius 2 is 1.79 bits per heavy atom. The summed E-state index contributed by atoms with van der Waals surface area (Å²) in [6, 6.07) is 9.87. The van der Waals surface area contributed by atoms with Crippen LogP contribution in [-0.2, 0) is 11.2 Å². The van der Waals surface area contributed by atoms with Gasteiger partial charge in [0.2, 0.25) is 5.91 Å². The number of nitrogens with one attached hydrogen (secondary N) is 1. The lowest BCUT2D eigenvalue weighted by Gasteiger charge is -2.26. The minimum Gasteiger partial charge on any atom is -0.478 e. The van der Waals surface area contributed by atoms with Gasteiger partial charge in [-0.25, -0.2) is 9.78 Å². The van der Waals surface area contributed by atoms with Gasteiger partial charge in [-0.05, 0) is 36.8 Å². The zero-order valence-electron chi connectivity index (χ0n) is 15.5. The summed E-state index contributed by atoms with van der Waals surface area (Å²) in [5.41, 5.74) is 1.96. The van der Waals surface area contributed by atoms with Crippen molar-refractivity contribution in [3.8, 4) is 0 Å². The lowest BCUT2D eigenvalue weighted by atomic mass is 10.1. The van der Waals surface area contributed by atoms with Gasteiger partial charge in [0, 0.05) is 30.3 Å². The van der Waals surface area contributed by atoms with Gasteiger partial charge in [-0.1, -0.05) is 12.1 Å². The van der Waals surface area contributed by atoms with Crippen molar-refractivity contribution in [3.63, 3.8) is 0 Å². The minimum atomic E-state index is -1.08. The van der Waals surface area contributed by atoms with Crippen LogP contribution >= 0.6 is 11.8 Å². The van der Waals surface area contributed by atoms with Gasteiger partial charge in [0.25, 0.3) is 5.91 Å². The highest BCUT2D eigenvalue weighted by Crippen LogP contribution is 2.15. The number of carbonyl (C=O) groups is 3. The molecule has 0 unspecified atom stereocenters. The SMILES string of the molecule is Cc1nc(C(=O)Nc2ccc(CC(=O)N3CCSCC3)cc2)ccc1C(=O)O. The molecule has 28 heavy (non-hydrogen) atoms. The van der Waals surface area contributed by atoms with Crippen LogP contribution in [0.2, 0.25) is 0 Å². The first kappa shape index (κ1) is 19.9. The van der Waals surface area contributed by atoms with Crippen LogP contribution in [0.15, 0.2) is 36.4 Å². The number of carboxylic acids is 1. The molecule has 2 aromatic rings. The van der Waals surface area contributed by atoms with Crippen molar-refractivity contribution in [2.24, 2.45) is 0 Å². The minimum absolute atomic E-state index is 0.0675. The van der Waals surface area contributed by atoms with Gasteiger partial charge < -0.3 is 15.3 Å². The van der Waals surface area contributed by atoms with E-state index in [1.165, 1.54) is 12.1 Å². The Kier molecular flexibility index (Phi) is 6.30. The number of pyridine rings is 1. The highest BCUT2D eigenvalue weighted by atomic mass is 32.2. The maximum atomic E-state index is 12.3. The molecule has 2 heterocycles. The summed E-state index contributed by atoms with van der Waals surface area (Å²) < 4.78 is 0. The number of hydrogen-bond donors (Lipinski definition) is 2. The molecule has 1 aliphatic heterocycles. The molecule has 1 fully saturated rings. The van der Waals surface area contributed by atoms with Gasteiger partial charge in [0.05, 0.1) is 17.7 Å². The standard InChI is InChI=1S/C20H21N3O4S/c1-13-16(20(26)27)6-7-17(21-13)19(25)22-15-4-2-14(3-5-15)12-18(24)23-8-10-28-11-9-23/h2-7H,8-12H2,1H3,(H,22,25)(H,26,27). The van der Waals surface area contributed by atoms with E-state index in [-0.39, 0.29) is 22.9 Å². The molecule has 0 radical (unpaired) electrons. The molecule has 2 N–H and O–H groups in total. The Bertz CT molecular complexity index is 893. The van der Waals surface area contributed by atoms with E-state index >= 15 is 0 Å². The molecule has 1 aromatic heterocycles. The number of aryl methyl sites for hydroxylation is 1. The van der Waals surface area contributed by atoms with Crippen molar-refractivity contribution in [1.29, 1.82) is 0 Å². The van der Waals surface area contributed by atoms with Crippen LogP contribution in [0.25, 0.3) is 0 Å². The number of aromatic carboxylic acids is 1. The smallest absolute Gasteiger partial charge is 0.337 e. The van der Waals surface area contributed by atoms with Crippen molar-refractivity contribution in [3.05, 3.63) is 58.9 Å². The summed E-state index contributed by atoms with van der Waals surface area (Å²) in [7, 11) is 0. The molecule has 0 saturated carbocycles. The Morgan fingerprint density at radius 1 is 1.11 bits per heavy atom. The van der Waals surface area contributed by atoms with E-state index in [2.05, 4.69) is 10.3 Å². The number of benzene rings is 1. The van der Waals surface area contributed by atoms with Gasteiger partial charge in [0.1, 0.15) is 5.69 Å². The summed E-state index contributed by atoms with van der Waals surface area (Å²) in [6.07, 6.45) is 0.344. The number of aromatic nitrogens is 1. The first-order valence-electron chi connectivity index (χ1n) is 8.91. The zero-order valence-corrected chi connectivity index (χ0v) is 16.3. The first-order chi connectivity index (χ1) is 13.4. The Balaban J connectivity index is 1.60. The van der Waals surface area contributed by atoms with Crippen molar-refractivity contribution in [1.82, 2.24) is 9.88 Å². The third kappa shape index (κ3) is 4.89. The molecule has 8 heteroatoms. The van der Waals surface area contributed by atoms with E-state index in [0.717, 1.165) is 30.2 Å². The van der Waals surface area contributed by atoms with Gasteiger partial charge in [-0.3, -0.25) is 9.59 Å². The molecule has 0 bridgehead atoms. The van der Waals surface area contributed by atoms with E-state index in [9.17, 15) is 14.4 Å². The summed E-state index contributed by atoms with van der Waals surface area (Å²) in [5.74, 6) is 0.588. The molecule has 0 atom stereocenters. The van der Waals surface area contributed by atoms with Gasteiger partial charge in [-0.2, -0.15) is 11.8 Å². The number of carboxylic acid groups (broad SMARTS) is 1. The van der Waals surface area contributed by atoms with Crippen LogP contribution in [0.1, 0.15) is 32.1 Å². The van der Waals surface area contributed by atoms with Crippen LogP contribution in [0.5, 0.6) is 0 Å². The van der Waals surface area contributed by atoms with E-state index in [0.29, 0.717) is 12.1 Å². The maximum Gasteiger partial charge on any atom is 0.337 e. The Hall–Kier alpha value is -2.87. The number of thioether (sulfide) groups is 1. The number of carbonyl (C=O) groups excluding carboxylic acids is 2. The van der Waals surface area contributed by atoms with Gasteiger partial charge in [-0.15, -0.1) is 0 Å². The largest absolute Gasteiger partial charge is 0.478 e. The normalized spacial score (nSPS) is 13.8. The second-order valence-electron chi connectivity index (χ2n) is 6.46. The van der Waals surface area contributed by atoms with Gasteiger partial charge >= 0.3 is 5.97 Å². The molecule has 0 spiro atoms. The number of amides is 2. The lowest BCUT2D eigenvalue weighted by molar-refractivity contribution is -0.130. The average molecular weight is 399 g/mol. The molecule has 3 rings (SSSR count). The molecule has 0 aliphatic carbocycles. The quantitative estimate of drug-likeness (QED) is 0.801. The predicted molar refractivity (Wildman–Crippen MR) is 108 cm³/mol. The third-order valence-corrected chi connectivity index (χ3v) is 5.42. The number of hydrogen-bond acceptors (Lipinski definition) is 5. The average Bonchev–Trinajstić information content (AvgIpc) is 2.69. The van der Waals surface area contributed by atoms with Crippen LogP contribution in [0.3, 0.4) is 0 Å². The van der Waals surface area contributed by atoms with E-state index < -0.39 is 11.9 Å². The fourth-order valence-electron chi connectivity index (χ4n) is 2.91. The molecule has 1 saturated heterocycles. The number of anilines is 1. The van der Waals surface area contributed by atoms with Crippen LogP contribution in [0.4, 0.5) is 5.69 Å². The van der Waals surface area contributed by atoms with Crippen LogP contribution in [0, 0.1) is 6.92 Å². The highest BCUT2D eigenvalue weighted by Gasteiger charge is 2.17. The third-order valence-electron chi connectivity index (χ3n) is 4.48. The fourth-order valence-corrected chi connectivity index (χ4v) is 3.82. The van der Waals surface area contributed by atoms with Crippen molar-refractivity contribution in [2.45, 2.75) is 13.3 Å². The second-order valence-corrected chi connectivity index (χ2v) is 7.68. The number of rotatable bonds is 5. The monoisotopic (exact) mass is 399 g/mol. The molecule has 1 aliphatic rings. The summed E-state index contributed by atoms with van der Waals surface area (Å²) in [6.45, 7) is 3.14. The van der Waals surface area contributed by atoms with Gasteiger partial charge in [0.15, 0.2) is 0 Å². The second kappa shape index (κ2) is 8.88. The lowest BCUT2D eigenvalue weighted by Crippen LogP contribution is -2.38. The molecular weight excluding hydrogens is 378 g/mol. The predicted octanol–water partition coefficient (Wildman–Crippen LogP) is 2.46. The van der Waals surface area contributed by atoms with Crippen molar-refractivity contribution >= 4 is 35.2 Å². The van der Waals surface area contributed by atoms with Crippen LogP contribution in [-0.4, -0.2) is 57.4 Å². The highest BCUT2D eigenvalue weighted by molar-refractivity contribution is 7.99. The van der Waals surface area contributed by atoms with E-state index in [4.69, 9.17) is 5.11 Å². The van der Waals surface area contributed by atoms with Crippen molar-refractivity contribution in [2.75, 3.05) is 29.9 Å². The number of nitrogens with zero attached hydrogens (tertiary/aromatic N) is 2. The molecular formula is C20H21N3O4S. The van der Waals surface area contributed by atoms with Crippen LogP contribution < -0.4 is 5.32 Å². The van der Waals surface area contributed by atoms with E-state index in [1.54, 1.807) is 19.1 Å². The Morgan fingerprint density at radius 3 is 2.39 bits per heavy atom. The fraction of sp³-hybridized carbons (Fsp3) is 0.300. The van der Waals surface area contributed by atoms with E-state index in [1.807, 2.05) is 28.8 Å². The Labute approximate surface area is 167 Å². The molecule has 1 aromatic carbocycles. The zero-order chi connectivity index (χ0) is 20.1. The summed E-state index contributed by atoms with van der Waals surface area (Å²) in [4.78, 5) is 41.6. The topological polar surface area (TPSA) is 99.6 Å². The first-order valence-corrected chi connectivity index (χ1v) is 10.1. The molecule has 146 valence electrons. The summed E-state index contributed by atoms with van der Waals surface area (Å²) >= 11 is 1.86. The molecule has 7 nitrogen and oxygen atoms in total. The maximum absolute atomic E-state index is 12.3. The van der Waals surface area contributed by atoms with Crippen molar-refractivity contribution < 1.29 is 19.5 Å². The molecule has 2 amide bonds.